The lowest BCUT2D eigenvalue weighted by Crippen LogP contribution is -2.41. The number of hydrazine groups is 1. The molecule has 0 radical (unpaired) electrons. The fraction of sp³-hybridized carbons (Fsp3) is 0.846. The lowest BCUT2D eigenvalue weighted by Gasteiger charge is -2.25. The Morgan fingerprint density at radius 1 is 1.13 bits per heavy atom. The maximum absolute atomic E-state index is 5.74. The normalized spacial score (nSPS) is 26.1. The van der Waals surface area contributed by atoms with Gasteiger partial charge in [0.2, 0.25) is 0 Å². The number of nitrogens with one attached hydrogen (secondary N) is 1. The van der Waals surface area contributed by atoms with Gasteiger partial charge < -0.3 is 0 Å². The minimum absolute atomic E-state index is 0.477. The van der Waals surface area contributed by atoms with Crippen LogP contribution in [0.1, 0.15) is 57.8 Å². The second-order valence-corrected chi connectivity index (χ2v) is 5.07. The predicted molar refractivity (Wildman–Crippen MR) is 64.2 cm³/mol. The summed E-state index contributed by atoms with van der Waals surface area (Å²) in [4.78, 5) is 0. The molecule has 86 valence electrons. The molecule has 2 aliphatic rings. The van der Waals surface area contributed by atoms with E-state index in [0.29, 0.717) is 6.04 Å². The Labute approximate surface area is 93.3 Å². The van der Waals surface area contributed by atoms with Crippen LogP contribution in [0.5, 0.6) is 0 Å². The standard InChI is InChI=1S/C13H24N2/c14-15-13(12-9-5-6-10-12)11-7-3-1-2-4-8-11/h7,12-13,15H,1-6,8-10,14H2. The van der Waals surface area contributed by atoms with Crippen molar-refractivity contribution in [2.45, 2.75) is 63.8 Å². The van der Waals surface area contributed by atoms with Crippen molar-refractivity contribution >= 4 is 0 Å². The Balaban J connectivity index is 2.00. The van der Waals surface area contributed by atoms with E-state index in [1.807, 2.05) is 0 Å². The minimum atomic E-state index is 0.477. The number of rotatable bonds is 3. The molecule has 2 nitrogen and oxygen atoms in total. The zero-order valence-corrected chi connectivity index (χ0v) is 9.67. The smallest absolute Gasteiger partial charge is 0.0447 e. The zero-order valence-electron chi connectivity index (χ0n) is 9.67. The van der Waals surface area contributed by atoms with Crippen LogP contribution in [0, 0.1) is 5.92 Å². The SMILES string of the molecule is NNC(C1=CCCCCC1)C1CCCC1. The first-order valence-electron chi connectivity index (χ1n) is 6.57. The zero-order chi connectivity index (χ0) is 10.5. The van der Waals surface area contributed by atoms with Gasteiger partial charge in [0, 0.05) is 6.04 Å². The second kappa shape index (κ2) is 5.66. The molecule has 0 aliphatic heterocycles. The quantitative estimate of drug-likeness (QED) is 0.425. The third kappa shape index (κ3) is 2.82. The van der Waals surface area contributed by atoms with E-state index in [2.05, 4.69) is 11.5 Å². The lowest BCUT2D eigenvalue weighted by molar-refractivity contribution is 0.396. The molecule has 0 aromatic carbocycles. The van der Waals surface area contributed by atoms with E-state index in [9.17, 15) is 0 Å². The highest BCUT2D eigenvalue weighted by Gasteiger charge is 2.26. The Morgan fingerprint density at radius 3 is 2.67 bits per heavy atom. The van der Waals surface area contributed by atoms with Crippen molar-refractivity contribution in [2.24, 2.45) is 11.8 Å². The first kappa shape index (κ1) is 11.2. The van der Waals surface area contributed by atoms with Gasteiger partial charge >= 0.3 is 0 Å². The molecule has 1 saturated carbocycles. The summed E-state index contributed by atoms with van der Waals surface area (Å²) in [6.07, 6.45) is 14.6. The number of nitrogens with two attached hydrogens (primary N) is 1. The second-order valence-electron chi connectivity index (χ2n) is 5.07. The van der Waals surface area contributed by atoms with Gasteiger partial charge in [-0.3, -0.25) is 11.3 Å². The summed E-state index contributed by atoms with van der Waals surface area (Å²) in [5.41, 5.74) is 4.67. The fourth-order valence-electron chi connectivity index (χ4n) is 3.16. The maximum Gasteiger partial charge on any atom is 0.0447 e. The van der Waals surface area contributed by atoms with Crippen molar-refractivity contribution in [2.75, 3.05) is 0 Å². The van der Waals surface area contributed by atoms with Crippen LogP contribution in [-0.2, 0) is 0 Å². The molecule has 2 rings (SSSR count). The van der Waals surface area contributed by atoms with Crippen LogP contribution in [0.25, 0.3) is 0 Å². The third-order valence-electron chi connectivity index (χ3n) is 4.03. The molecule has 0 aromatic heterocycles. The number of hydrogen-bond acceptors (Lipinski definition) is 2. The van der Waals surface area contributed by atoms with Crippen LogP contribution >= 0.6 is 0 Å². The van der Waals surface area contributed by atoms with Crippen LogP contribution in [-0.4, -0.2) is 6.04 Å². The first-order valence-corrected chi connectivity index (χ1v) is 6.57. The van der Waals surface area contributed by atoms with Gasteiger partial charge in [-0.15, -0.1) is 0 Å². The molecule has 0 saturated heterocycles. The molecule has 1 atom stereocenters. The van der Waals surface area contributed by atoms with Gasteiger partial charge in [-0.25, -0.2) is 0 Å². The van der Waals surface area contributed by atoms with Gasteiger partial charge in [-0.05, 0) is 44.4 Å². The highest BCUT2D eigenvalue weighted by atomic mass is 15.2. The van der Waals surface area contributed by atoms with Gasteiger partial charge in [0.15, 0.2) is 0 Å². The Kier molecular flexibility index (Phi) is 4.21. The Bertz CT molecular complexity index is 217. The molecule has 0 heterocycles. The van der Waals surface area contributed by atoms with Crippen LogP contribution in [0.2, 0.25) is 0 Å². The molecule has 0 amide bonds. The summed E-state index contributed by atoms with van der Waals surface area (Å²) in [7, 11) is 0. The van der Waals surface area contributed by atoms with Gasteiger partial charge in [-0.1, -0.05) is 30.9 Å². The molecule has 1 fully saturated rings. The van der Waals surface area contributed by atoms with E-state index in [1.165, 1.54) is 57.8 Å². The van der Waals surface area contributed by atoms with E-state index in [0.717, 1.165) is 5.92 Å². The topological polar surface area (TPSA) is 38.0 Å². The summed E-state index contributed by atoms with van der Waals surface area (Å²) < 4.78 is 0. The molecule has 0 bridgehead atoms. The molecule has 15 heavy (non-hydrogen) atoms. The average molecular weight is 208 g/mol. The van der Waals surface area contributed by atoms with Gasteiger partial charge in [0.05, 0.1) is 0 Å². The van der Waals surface area contributed by atoms with Gasteiger partial charge in [0.1, 0.15) is 0 Å². The van der Waals surface area contributed by atoms with E-state index < -0.39 is 0 Å². The van der Waals surface area contributed by atoms with E-state index >= 15 is 0 Å². The number of hydrogen-bond donors (Lipinski definition) is 2. The summed E-state index contributed by atoms with van der Waals surface area (Å²) in [6, 6.07) is 0.477. The maximum atomic E-state index is 5.74. The summed E-state index contributed by atoms with van der Waals surface area (Å²) in [5.74, 6) is 6.55. The van der Waals surface area contributed by atoms with Crippen molar-refractivity contribution in [1.82, 2.24) is 5.43 Å². The molecular formula is C13H24N2. The van der Waals surface area contributed by atoms with E-state index in [4.69, 9.17) is 5.84 Å². The largest absolute Gasteiger partial charge is 0.271 e. The Morgan fingerprint density at radius 2 is 1.93 bits per heavy atom. The highest BCUT2D eigenvalue weighted by molar-refractivity contribution is 5.14. The van der Waals surface area contributed by atoms with Crippen LogP contribution in [0.4, 0.5) is 0 Å². The minimum Gasteiger partial charge on any atom is -0.271 e. The average Bonchev–Trinajstić information content (AvgIpc) is 2.63. The molecule has 1 unspecified atom stereocenters. The Hall–Kier alpha value is -0.340. The summed E-state index contributed by atoms with van der Waals surface area (Å²) in [6.45, 7) is 0. The third-order valence-corrected chi connectivity index (χ3v) is 4.03. The number of allylic oxidation sites excluding steroid dienone is 1. The van der Waals surface area contributed by atoms with Crippen molar-refractivity contribution in [3.05, 3.63) is 11.6 Å². The summed E-state index contributed by atoms with van der Waals surface area (Å²) in [5, 5.41) is 0. The molecule has 2 aliphatic carbocycles. The van der Waals surface area contributed by atoms with Crippen molar-refractivity contribution < 1.29 is 0 Å². The summed E-state index contributed by atoms with van der Waals surface area (Å²) >= 11 is 0. The fourth-order valence-corrected chi connectivity index (χ4v) is 3.16. The lowest BCUT2D eigenvalue weighted by atomic mass is 9.89. The van der Waals surface area contributed by atoms with E-state index in [-0.39, 0.29) is 0 Å². The molecular weight excluding hydrogens is 184 g/mol. The van der Waals surface area contributed by atoms with Crippen molar-refractivity contribution in [1.29, 1.82) is 0 Å². The molecule has 0 aromatic rings. The van der Waals surface area contributed by atoms with Gasteiger partial charge in [0.25, 0.3) is 0 Å². The molecule has 0 spiro atoms. The van der Waals surface area contributed by atoms with Crippen LogP contribution in [0.3, 0.4) is 0 Å². The molecule has 2 heteroatoms. The molecule has 3 N–H and O–H groups in total. The van der Waals surface area contributed by atoms with Crippen LogP contribution < -0.4 is 11.3 Å². The monoisotopic (exact) mass is 208 g/mol. The van der Waals surface area contributed by atoms with Crippen molar-refractivity contribution in [3.63, 3.8) is 0 Å². The predicted octanol–water partition coefficient (Wildman–Crippen LogP) is 2.90. The van der Waals surface area contributed by atoms with Gasteiger partial charge in [-0.2, -0.15) is 0 Å². The first-order chi connectivity index (χ1) is 7.42. The van der Waals surface area contributed by atoms with E-state index in [1.54, 1.807) is 5.57 Å². The van der Waals surface area contributed by atoms with Crippen LogP contribution in [0.15, 0.2) is 11.6 Å². The highest BCUT2D eigenvalue weighted by Crippen LogP contribution is 2.33. The van der Waals surface area contributed by atoms with Crippen molar-refractivity contribution in [3.8, 4) is 0 Å².